The van der Waals surface area contributed by atoms with Crippen molar-refractivity contribution in [3.8, 4) is 0 Å². The summed E-state index contributed by atoms with van der Waals surface area (Å²) in [6.07, 6.45) is 4.75. The number of rotatable bonds is 3. The van der Waals surface area contributed by atoms with Gasteiger partial charge in [0.2, 0.25) is 0 Å². The summed E-state index contributed by atoms with van der Waals surface area (Å²) >= 11 is 0. The molecule has 0 spiro atoms. The van der Waals surface area contributed by atoms with Gasteiger partial charge in [-0.15, -0.1) is 0 Å². The van der Waals surface area contributed by atoms with Gasteiger partial charge in [0.25, 0.3) is 0 Å². The lowest BCUT2D eigenvalue weighted by molar-refractivity contribution is -0.147. The van der Waals surface area contributed by atoms with Gasteiger partial charge in [-0.2, -0.15) is 0 Å². The Hall–Kier alpha value is -0.353. The van der Waals surface area contributed by atoms with Crippen LogP contribution < -0.4 is 0 Å². The number of ether oxygens (including phenoxy) is 1. The molecule has 19 heavy (non-hydrogen) atoms. The van der Waals surface area contributed by atoms with Crippen LogP contribution in [-0.2, 0) is 14.0 Å². The molecule has 0 aromatic carbocycles. The van der Waals surface area contributed by atoms with Crippen LogP contribution in [0.5, 0.6) is 0 Å². The molecule has 0 aliphatic heterocycles. The van der Waals surface area contributed by atoms with Crippen LogP contribution in [0.4, 0.5) is 0 Å². The second-order valence-corrected chi connectivity index (χ2v) is 12.3. The molecule has 2 aliphatic rings. The normalized spacial score (nSPS) is 34.6. The van der Waals surface area contributed by atoms with E-state index < -0.39 is 8.32 Å². The van der Waals surface area contributed by atoms with Gasteiger partial charge in [0.15, 0.2) is 8.32 Å². The standard InChI is InChI=1S/C15H27O3Si/c1-10(16)17-13-8-12-7-11(13)9-14(12)18-19(5,6)15(2,3)4/h8,11-14H,7,9H2,1-6H3/t11-,12-,13+,14-/m1/s1. The third-order valence-corrected chi connectivity index (χ3v) is 9.55. The summed E-state index contributed by atoms with van der Waals surface area (Å²) in [4.78, 5) is 11.1. The molecule has 0 aromatic rings. The molecule has 2 saturated carbocycles. The minimum atomic E-state index is -1.69. The third-order valence-electron chi connectivity index (χ3n) is 5.04. The van der Waals surface area contributed by atoms with E-state index in [0.29, 0.717) is 17.9 Å². The maximum Gasteiger partial charge on any atom is 0.302 e. The molecule has 0 N–H and O–H groups in total. The van der Waals surface area contributed by atoms with E-state index in [2.05, 4.69) is 40.3 Å². The highest BCUT2D eigenvalue weighted by Gasteiger charge is 2.51. The molecule has 0 unspecified atom stereocenters. The predicted octanol–water partition coefficient (Wildman–Crippen LogP) is 3.55. The maximum atomic E-state index is 11.1. The Labute approximate surface area is 118 Å². The van der Waals surface area contributed by atoms with E-state index in [-0.39, 0.29) is 17.1 Å². The van der Waals surface area contributed by atoms with E-state index in [1.165, 1.54) is 6.92 Å². The molecule has 4 atom stereocenters. The van der Waals surface area contributed by atoms with Crippen LogP contribution in [0.25, 0.3) is 0 Å². The Kier molecular flexibility index (Phi) is 3.87. The molecule has 2 fully saturated rings. The first-order valence-corrected chi connectivity index (χ1v) is 10.2. The zero-order valence-electron chi connectivity index (χ0n) is 13.0. The van der Waals surface area contributed by atoms with Gasteiger partial charge in [0.1, 0.15) is 6.10 Å². The molecule has 0 heterocycles. The van der Waals surface area contributed by atoms with Gasteiger partial charge in [-0.3, -0.25) is 4.79 Å². The van der Waals surface area contributed by atoms with E-state index in [1.807, 2.05) is 0 Å². The van der Waals surface area contributed by atoms with Crippen molar-refractivity contribution in [2.75, 3.05) is 0 Å². The number of carbonyl (C=O) groups excluding carboxylic acids is 1. The summed E-state index contributed by atoms with van der Waals surface area (Å²) in [5.41, 5.74) is 0. The molecule has 0 aromatic heterocycles. The lowest BCUT2D eigenvalue weighted by Crippen LogP contribution is -2.46. The summed E-state index contributed by atoms with van der Waals surface area (Å²) in [6.45, 7) is 12.9. The monoisotopic (exact) mass is 283 g/mol. The average Bonchev–Trinajstić information content (AvgIpc) is 2.73. The molecule has 2 rings (SSSR count). The van der Waals surface area contributed by atoms with E-state index in [9.17, 15) is 4.79 Å². The summed E-state index contributed by atoms with van der Waals surface area (Å²) in [5, 5.41) is 0.254. The lowest BCUT2D eigenvalue weighted by Gasteiger charge is -2.41. The number of fused-ring (bicyclic) bond motifs is 2. The highest BCUT2D eigenvalue weighted by molar-refractivity contribution is 6.74. The van der Waals surface area contributed by atoms with Crippen molar-refractivity contribution < 1.29 is 14.0 Å². The van der Waals surface area contributed by atoms with Crippen LogP contribution in [0, 0.1) is 18.3 Å². The fourth-order valence-corrected chi connectivity index (χ4v) is 4.34. The first kappa shape index (κ1) is 15.0. The molecule has 3 nitrogen and oxygen atoms in total. The third kappa shape index (κ3) is 3.05. The fraction of sp³-hybridized carbons (Fsp3) is 0.867. The first-order chi connectivity index (χ1) is 8.60. The second-order valence-electron chi connectivity index (χ2n) is 7.58. The average molecular weight is 283 g/mol. The summed E-state index contributed by atoms with van der Waals surface area (Å²) in [6, 6.07) is 0. The van der Waals surface area contributed by atoms with Gasteiger partial charge in [0, 0.05) is 19.4 Å². The van der Waals surface area contributed by atoms with Crippen molar-refractivity contribution >= 4 is 14.3 Å². The maximum absolute atomic E-state index is 11.1. The van der Waals surface area contributed by atoms with Crippen LogP contribution in [-0.4, -0.2) is 26.5 Å². The Morgan fingerprint density at radius 2 is 1.89 bits per heavy atom. The lowest BCUT2D eigenvalue weighted by atomic mass is 9.95. The largest absolute Gasteiger partial charge is 0.462 e. The fourth-order valence-electron chi connectivity index (χ4n) is 2.96. The molecule has 0 amide bonds. The summed E-state index contributed by atoms with van der Waals surface area (Å²) in [5.74, 6) is 0.780. The predicted molar refractivity (Wildman–Crippen MR) is 78.1 cm³/mol. The Morgan fingerprint density at radius 3 is 2.32 bits per heavy atom. The van der Waals surface area contributed by atoms with Crippen molar-refractivity contribution in [1.29, 1.82) is 0 Å². The van der Waals surface area contributed by atoms with Crippen LogP contribution >= 0.6 is 0 Å². The van der Waals surface area contributed by atoms with Gasteiger partial charge in [-0.25, -0.2) is 0 Å². The quantitative estimate of drug-likeness (QED) is 0.587. The highest BCUT2D eigenvalue weighted by Crippen LogP contribution is 2.49. The summed E-state index contributed by atoms with van der Waals surface area (Å²) < 4.78 is 11.9. The molecule has 2 bridgehead atoms. The van der Waals surface area contributed by atoms with Gasteiger partial charge >= 0.3 is 5.97 Å². The molecular weight excluding hydrogens is 256 g/mol. The zero-order chi connectivity index (χ0) is 14.4. The minimum Gasteiger partial charge on any atom is -0.462 e. The van der Waals surface area contributed by atoms with Crippen molar-refractivity contribution in [3.05, 3.63) is 6.42 Å². The van der Waals surface area contributed by atoms with Crippen molar-refractivity contribution in [3.63, 3.8) is 0 Å². The van der Waals surface area contributed by atoms with Gasteiger partial charge in [-0.05, 0) is 42.8 Å². The molecular formula is C15H27O3Si. The van der Waals surface area contributed by atoms with Gasteiger partial charge in [0.05, 0.1) is 0 Å². The van der Waals surface area contributed by atoms with Gasteiger partial charge in [-0.1, -0.05) is 20.8 Å². The van der Waals surface area contributed by atoms with Crippen LogP contribution in [0.2, 0.25) is 18.1 Å². The first-order valence-electron chi connectivity index (χ1n) is 7.30. The molecule has 2 aliphatic carbocycles. The molecule has 1 radical (unpaired) electrons. The van der Waals surface area contributed by atoms with Crippen LogP contribution in [0.3, 0.4) is 0 Å². The Bertz CT molecular complexity index is 359. The smallest absolute Gasteiger partial charge is 0.302 e. The number of hydrogen-bond acceptors (Lipinski definition) is 3. The summed E-state index contributed by atoms with van der Waals surface area (Å²) in [7, 11) is -1.69. The number of carbonyl (C=O) groups is 1. The Balaban J connectivity index is 1.93. The molecule has 4 heteroatoms. The number of esters is 1. The van der Waals surface area contributed by atoms with E-state index in [4.69, 9.17) is 9.16 Å². The van der Waals surface area contributed by atoms with Crippen LogP contribution in [0.1, 0.15) is 40.5 Å². The zero-order valence-corrected chi connectivity index (χ0v) is 14.0. The van der Waals surface area contributed by atoms with E-state index in [1.54, 1.807) is 0 Å². The SMILES string of the molecule is CC(=O)O[C@H]1[CH][C@H]2C[C@@H]1C[C@H]2O[Si](C)(C)C(C)(C)C. The van der Waals surface area contributed by atoms with E-state index >= 15 is 0 Å². The minimum absolute atomic E-state index is 0.0294. The van der Waals surface area contributed by atoms with Crippen LogP contribution in [0.15, 0.2) is 0 Å². The molecule has 109 valence electrons. The molecule has 0 saturated heterocycles. The van der Waals surface area contributed by atoms with Gasteiger partial charge < -0.3 is 9.16 Å². The highest BCUT2D eigenvalue weighted by atomic mass is 28.4. The van der Waals surface area contributed by atoms with Crippen molar-refractivity contribution in [2.45, 2.75) is 70.9 Å². The topological polar surface area (TPSA) is 35.5 Å². The van der Waals surface area contributed by atoms with Crippen molar-refractivity contribution in [1.82, 2.24) is 0 Å². The Morgan fingerprint density at radius 1 is 1.26 bits per heavy atom. The number of hydrogen-bond donors (Lipinski definition) is 0. The van der Waals surface area contributed by atoms with Crippen molar-refractivity contribution in [2.24, 2.45) is 11.8 Å². The van der Waals surface area contributed by atoms with E-state index in [0.717, 1.165) is 12.8 Å². The second kappa shape index (κ2) is 4.88.